The molecule has 208 valence electrons. The summed E-state index contributed by atoms with van der Waals surface area (Å²) in [6.07, 6.45) is -1.89. The van der Waals surface area contributed by atoms with E-state index in [2.05, 4.69) is 42.8 Å². The number of halogens is 1. The number of tetrazole rings is 1. The third-order valence-corrected chi connectivity index (χ3v) is 11.3. The smallest absolute Gasteiger partial charge is 0.351 e. The van der Waals surface area contributed by atoms with Crippen LogP contribution in [-0.4, -0.2) is 98.9 Å². The molecule has 3 aromatic rings. The molecule has 1 saturated carbocycles. The van der Waals surface area contributed by atoms with Crippen LogP contribution in [0, 0.1) is 5.92 Å². The fraction of sp³-hybridized carbons (Fsp3) is 0.667. The summed E-state index contributed by atoms with van der Waals surface area (Å²) < 4.78 is 44.9. The van der Waals surface area contributed by atoms with Crippen LogP contribution in [0.25, 0.3) is 11.0 Å². The lowest BCUT2D eigenvalue weighted by Gasteiger charge is -2.20. The van der Waals surface area contributed by atoms with E-state index in [-0.39, 0.29) is 17.0 Å². The highest BCUT2D eigenvalue weighted by Gasteiger charge is 2.51. The molecule has 38 heavy (non-hydrogen) atoms. The molecule has 3 aromatic heterocycles. The zero-order chi connectivity index (χ0) is 27.4. The summed E-state index contributed by atoms with van der Waals surface area (Å²) in [5.74, 6) is -0.901. The largest absolute Gasteiger partial charge is 0.387 e. The molecular formula is C18H25ClN9O8PS. The Kier molecular flexibility index (Phi) is 7.19. The van der Waals surface area contributed by atoms with E-state index in [1.54, 1.807) is 0 Å². The van der Waals surface area contributed by atoms with E-state index in [1.807, 2.05) is 5.10 Å². The number of aromatic amines is 1. The predicted octanol–water partition coefficient (Wildman–Crippen LogP) is -0.496. The van der Waals surface area contributed by atoms with Gasteiger partial charge in [0.25, 0.3) is 0 Å². The lowest BCUT2D eigenvalue weighted by atomic mass is 10.1. The summed E-state index contributed by atoms with van der Waals surface area (Å²) in [5, 5.41) is 41.0. The molecule has 0 aromatic carbocycles. The van der Waals surface area contributed by atoms with Crippen molar-refractivity contribution in [2.24, 2.45) is 5.92 Å². The molecule has 2 fully saturated rings. The zero-order valence-electron chi connectivity index (χ0n) is 19.7. The van der Waals surface area contributed by atoms with Gasteiger partial charge in [-0.05, 0) is 40.8 Å². The Hall–Kier alpha value is -2.31. The summed E-state index contributed by atoms with van der Waals surface area (Å²) >= 11 is 6.16. The van der Waals surface area contributed by atoms with Gasteiger partial charge in [-0.15, -0.1) is 5.10 Å². The fourth-order valence-electron chi connectivity index (χ4n) is 4.93. The van der Waals surface area contributed by atoms with Crippen molar-refractivity contribution in [3.05, 3.63) is 17.3 Å². The summed E-state index contributed by atoms with van der Waals surface area (Å²) in [6, 6.07) is 0.166. The van der Waals surface area contributed by atoms with Gasteiger partial charge in [-0.3, -0.25) is 4.57 Å². The van der Waals surface area contributed by atoms with Crippen LogP contribution in [0.15, 0.2) is 6.20 Å². The van der Waals surface area contributed by atoms with E-state index in [4.69, 9.17) is 16.3 Å². The Balaban J connectivity index is 1.42. The highest BCUT2D eigenvalue weighted by Crippen LogP contribution is 2.54. The van der Waals surface area contributed by atoms with Crippen molar-refractivity contribution >= 4 is 45.9 Å². The van der Waals surface area contributed by atoms with E-state index in [9.17, 15) is 33.0 Å². The van der Waals surface area contributed by atoms with Crippen molar-refractivity contribution in [3.8, 4) is 0 Å². The third-order valence-electron chi connectivity index (χ3n) is 6.83. The third kappa shape index (κ3) is 5.02. The van der Waals surface area contributed by atoms with Gasteiger partial charge < -0.3 is 30.1 Å². The van der Waals surface area contributed by atoms with Crippen LogP contribution in [0.4, 0.5) is 5.82 Å². The molecule has 1 saturated heterocycles. The first-order valence-electron chi connectivity index (χ1n) is 11.6. The van der Waals surface area contributed by atoms with Crippen LogP contribution in [0.5, 0.6) is 0 Å². The monoisotopic (exact) mass is 593 g/mol. The summed E-state index contributed by atoms with van der Waals surface area (Å²) in [4.78, 5) is 25.4. The average Bonchev–Trinajstić information content (AvgIpc) is 3.60. The van der Waals surface area contributed by atoms with Gasteiger partial charge >= 0.3 is 7.60 Å². The SMILES string of the molecule is CC1CCCC1Nc1nc(Cl)nc2c1cnn2[C@@H]1O[C@H](CS(=O)(=O)C(c2nnn[nH]2)P(=O)(O)O)[C@@H](O)[C@H]1O. The Morgan fingerprint density at radius 1 is 1.29 bits per heavy atom. The molecule has 17 nitrogen and oxygen atoms in total. The lowest BCUT2D eigenvalue weighted by molar-refractivity contribution is -0.0365. The molecule has 1 aliphatic carbocycles. The number of hydrogen-bond acceptors (Lipinski definition) is 13. The van der Waals surface area contributed by atoms with Crippen molar-refractivity contribution in [1.82, 2.24) is 40.4 Å². The first-order chi connectivity index (χ1) is 17.9. The molecule has 0 bridgehead atoms. The Morgan fingerprint density at radius 2 is 2.05 bits per heavy atom. The number of aliphatic hydroxyl groups is 2. The van der Waals surface area contributed by atoms with Crippen LogP contribution >= 0.6 is 19.2 Å². The van der Waals surface area contributed by atoms with Gasteiger partial charge in [-0.1, -0.05) is 13.3 Å². The second-order valence-corrected chi connectivity index (χ2v) is 13.9. The maximum absolute atomic E-state index is 13.0. The molecule has 5 rings (SSSR count). The molecule has 6 N–H and O–H groups in total. The van der Waals surface area contributed by atoms with E-state index in [0.717, 1.165) is 23.9 Å². The highest BCUT2D eigenvalue weighted by atomic mass is 35.5. The van der Waals surface area contributed by atoms with Gasteiger partial charge in [-0.2, -0.15) is 15.1 Å². The predicted molar refractivity (Wildman–Crippen MR) is 129 cm³/mol. The van der Waals surface area contributed by atoms with Crippen LogP contribution < -0.4 is 5.32 Å². The van der Waals surface area contributed by atoms with E-state index in [1.165, 1.54) is 6.20 Å². The van der Waals surface area contributed by atoms with Crippen LogP contribution in [0.2, 0.25) is 5.28 Å². The fourth-order valence-corrected chi connectivity index (χ4v) is 8.81. The van der Waals surface area contributed by atoms with E-state index < -0.39 is 58.5 Å². The number of aromatic nitrogens is 8. The number of fused-ring (bicyclic) bond motifs is 1. The number of rotatable bonds is 8. The van der Waals surface area contributed by atoms with Crippen LogP contribution in [0.1, 0.15) is 43.2 Å². The number of aliphatic hydroxyl groups excluding tert-OH is 2. The maximum Gasteiger partial charge on any atom is 0.351 e. The number of ether oxygens (including phenoxy) is 1. The quantitative estimate of drug-likeness (QED) is 0.142. The number of sulfone groups is 1. The second kappa shape index (κ2) is 10.0. The molecular weight excluding hydrogens is 569 g/mol. The van der Waals surface area contributed by atoms with Crippen LogP contribution in [0.3, 0.4) is 0 Å². The molecule has 2 aliphatic rings. The number of hydrogen-bond donors (Lipinski definition) is 6. The molecule has 7 atom stereocenters. The molecule has 1 aliphatic heterocycles. The Morgan fingerprint density at radius 3 is 2.68 bits per heavy atom. The standard InChI is InChI=1S/C18H25ClN9O8PS/c1-7-3-2-4-9(7)21-13-8-5-20-28(15(8)23-18(19)22-13)16-12(30)11(29)10(36-16)6-38(34,35)17(37(31,32)33)14-24-26-27-25-14/h5,7,9-12,16-17,29-30H,2-4,6H2,1H3,(H,21,22,23)(H2,31,32,33)(H,24,25,26,27)/t7?,9?,10-,11-,12-,16-,17?/m1/s1. The minimum absolute atomic E-state index is 0.107. The van der Waals surface area contributed by atoms with Crippen molar-refractivity contribution in [2.45, 2.75) is 61.8 Å². The van der Waals surface area contributed by atoms with Crippen molar-refractivity contribution in [1.29, 1.82) is 0 Å². The summed E-state index contributed by atoms with van der Waals surface area (Å²) in [7, 11) is -10.0. The average molecular weight is 594 g/mol. The van der Waals surface area contributed by atoms with Crippen LogP contribution in [-0.2, 0) is 19.1 Å². The summed E-state index contributed by atoms with van der Waals surface area (Å²) in [5.41, 5.74) is 0.165. The molecule has 0 spiro atoms. The number of nitrogens with one attached hydrogen (secondary N) is 2. The minimum atomic E-state index is -5.32. The van der Waals surface area contributed by atoms with Crippen molar-refractivity contribution < 1.29 is 37.7 Å². The molecule has 4 heterocycles. The van der Waals surface area contributed by atoms with E-state index in [0.29, 0.717) is 17.1 Å². The summed E-state index contributed by atoms with van der Waals surface area (Å²) in [6.45, 7) is 2.13. The van der Waals surface area contributed by atoms with E-state index >= 15 is 0 Å². The Labute approximate surface area is 220 Å². The molecule has 0 amide bonds. The number of anilines is 1. The zero-order valence-corrected chi connectivity index (χ0v) is 22.2. The minimum Gasteiger partial charge on any atom is -0.387 e. The van der Waals surface area contributed by atoms with Crippen molar-refractivity contribution in [3.63, 3.8) is 0 Å². The first kappa shape index (κ1) is 27.3. The first-order valence-corrected chi connectivity index (χ1v) is 15.3. The maximum atomic E-state index is 13.0. The molecule has 0 radical (unpaired) electrons. The van der Waals surface area contributed by atoms with Gasteiger partial charge in [0.15, 0.2) is 27.5 Å². The Bertz CT molecular complexity index is 1470. The van der Waals surface area contributed by atoms with Gasteiger partial charge in [0, 0.05) is 6.04 Å². The topological polar surface area (TPSA) is 251 Å². The van der Waals surface area contributed by atoms with Gasteiger partial charge in [0.1, 0.15) is 24.1 Å². The number of H-pyrrole nitrogens is 1. The van der Waals surface area contributed by atoms with Gasteiger partial charge in [0.2, 0.25) is 10.3 Å². The molecule has 20 heteroatoms. The lowest BCUT2D eigenvalue weighted by Crippen LogP contribution is -2.36. The highest BCUT2D eigenvalue weighted by molar-refractivity contribution is 7.97. The van der Waals surface area contributed by atoms with Gasteiger partial charge in [-0.25, -0.2) is 18.2 Å². The molecule has 3 unspecified atom stereocenters. The normalized spacial score (nSPS) is 29.2. The van der Waals surface area contributed by atoms with Crippen molar-refractivity contribution in [2.75, 3.05) is 11.1 Å². The van der Waals surface area contributed by atoms with Gasteiger partial charge in [0.05, 0.1) is 17.3 Å². The second-order valence-electron chi connectivity index (χ2n) is 9.43. The number of nitrogens with zero attached hydrogens (tertiary/aromatic N) is 7.